The zero-order chi connectivity index (χ0) is 15.5. The second kappa shape index (κ2) is 7.24. The zero-order valence-corrected chi connectivity index (χ0v) is 14.7. The Morgan fingerprint density at radius 3 is 3.00 bits per heavy atom. The van der Waals surface area contributed by atoms with Gasteiger partial charge in [0.05, 0.1) is 19.3 Å². The molecule has 0 N–H and O–H groups in total. The summed E-state index contributed by atoms with van der Waals surface area (Å²) < 4.78 is 12.0. The molecule has 3 atom stereocenters. The Hall–Kier alpha value is -0.710. The van der Waals surface area contributed by atoms with Crippen LogP contribution < -0.4 is 4.74 Å². The lowest BCUT2D eigenvalue weighted by Gasteiger charge is -2.47. The number of benzene rings is 1. The third-order valence-electron chi connectivity index (χ3n) is 4.83. The molecular weight excluding hydrogens is 294 g/mol. The highest BCUT2D eigenvalue weighted by Crippen LogP contribution is 2.41. The first-order chi connectivity index (χ1) is 10.8. The van der Waals surface area contributed by atoms with Crippen LogP contribution in [0, 0.1) is 0 Å². The topological polar surface area (TPSA) is 21.7 Å². The minimum Gasteiger partial charge on any atom is -0.497 e. The van der Waals surface area contributed by atoms with E-state index in [4.69, 9.17) is 9.47 Å². The molecule has 0 spiro atoms. The highest BCUT2D eigenvalue weighted by molar-refractivity contribution is 7.98. The number of fused-ring (bicyclic) bond motifs is 3. The molecule has 122 valence electrons. The van der Waals surface area contributed by atoms with Crippen LogP contribution in [0.1, 0.15) is 37.0 Å². The molecule has 0 bridgehead atoms. The number of hydrogen-bond acceptors (Lipinski definition) is 4. The first kappa shape index (κ1) is 16.2. The predicted octanol–water partition coefficient (Wildman–Crippen LogP) is 3.52. The molecule has 1 aliphatic carbocycles. The number of morpholine rings is 1. The van der Waals surface area contributed by atoms with Gasteiger partial charge in [-0.05, 0) is 55.3 Å². The van der Waals surface area contributed by atoms with E-state index in [1.807, 2.05) is 11.8 Å². The van der Waals surface area contributed by atoms with Gasteiger partial charge in [-0.25, -0.2) is 0 Å². The Morgan fingerprint density at radius 1 is 1.41 bits per heavy atom. The molecular formula is C18H27NO2S. The molecule has 1 saturated heterocycles. The molecule has 0 radical (unpaired) electrons. The minimum atomic E-state index is 0.205. The van der Waals surface area contributed by atoms with Crippen molar-refractivity contribution in [1.29, 1.82) is 0 Å². The van der Waals surface area contributed by atoms with Crippen LogP contribution in [-0.2, 0) is 11.2 Å². The van der Waals surface area contributed by atoms with Gasteiger partial charge < -0.3 is 9.47 Å². The van der Waals surface area contributed by atoms with E-state index in [0.717, 1.165) is 24.5 Å². The van der Waals surface area contributed by atoms with Crippen LogP contribution in [0.2, 0.25) is 0 Å². The predicted molar refractivity (Wildman–Crippen MR) is 93.0 cm³/mol. The van der Waals surface area contributed by atoms with Gasteiger partial charge in [-0.15, -0.1) is 0 Å². The number of thioether (sulfide) groups is 1. The Balaban J connectivity index is 1.90. The first-order valence-corrected chi connectivity index (χ1v) is 9.71. The molecule has 1 aromatic rings. The lowest BCUT2D eigenvalue weighted by molar-refractivity contribution is -0.119. The summed E-state index contributed by atoms with van der Waals surface area (Å²) in [7, 11) is 1.74. The number of ether oxygens (including phenoxy) is 2. The summed E-state index contributed by atoms with van der Waals surface area (Å²) in [6.45, 7) is 4.53. The highest BCUT2D eigenvalue weighted by Gasteiger charge is 2.40. The van der Waals surface area contributed by atoms with E-state index in [1.165, 1.54) is 30.5 Å². The van der Waals surface area contributed by atoms with Crippen molar-refractivity contribution in [1.82, 2.24) is 4.90 Å². The van der Waals surface area contributed by atoms with Gasteiger partial charge in [0.1, 0.15) is 5.75 Å². The van der Waals surface area contributed by atoms with Crippen LogP contribution in [0.25, 0.3) is 0 Å². The van der Waals surface area contributed by atoms with Crippen molar-refractivity contribution < 1.29 is 9.47 Å². The monoisotopic (exact) mass is 321 g/mol. The molecule has 0 aromatic heterocycles. The van der Waals surface area contributed by atoms with Gasteiger partial charge in [0.15, 0.2) is 0 Å². The third-order valence-corrected chi connectivity index (χ3v) is 5.53. The second-order valence-electron chi connectivity index (χ2n) is 6.30. The molecule has 0 amide bonds. The summed E-state index contributed by atoms with van der Waals surface area (Å²) in [5.74, 6) is 2.01. The molecule has 1 aliphatic heterocycles. The van der Waals surface area contributed by atoms with Gasteiger partial charge in [0, 0.05) is 18.3 Å². The van der Waals surface area contributed by atoms with Gasteiger partial charge in [-0.3, -0.25) is 4.90 Å². The second-order valence-corrected chi connectivity index (χ2v) is 7.21. The van der Waals surface area contributed by atoms with Gasteiger partial charge >= 0.3 is 0 Å². The van der Waals surface area contributed by atoms with E-state index in [9.17, 15) is 0 Å². The standard InChI is InChI=1S/C18H27NO2S/c1-4-9-19-11-15(12-22-3)21-18-16-10-14(20-2)7-5-13(16)6-8-17(18)19/h5,7,10,15,17-18H,4,6,8-9,11-12H2,1-3H3. The van der Waals surface area contributed by atoms with Gasteiger partial charge in [0.25, 0.3) is 0 Å². The van der Waals surface area contributed by atoms with Crippen molar-refractivity contribution >= 4 is 11.8 Å². The average molecular weight is 321 g/mol. The van der Waals surface area contributed by atoms with Crippen LogP contribution >= 0.6 is 11.8 Å². The zero-order valence-electron chi connectivity index (χ0n) is 13.9. The minimum absolute atomic E-state index is 0.205. The van der Waals surface area contributed by atoms with Crippen LogP contribution in [0.5, 0.6) is 5.75 Å². The lowest BCUT2D eigenvalue weighted by Crippen LogP contribution is -2.53. The summed E-state index contributed by atoms with van der Waals surface area (Å²) in [5.41, 5.74) is 2.78. The average Bonchev–Trinajstić information content (AvgIpc) is 2.55. The quantitative estimate of drug-likeness (QED) is 0.827. The molecule has 1 aromatic carbocycles. The SMILES string of the molecule is CCCN1CC(CSC)OC2c3cc(OC)ccc3CCC21. The number of aryl methyl sites for hydroxylation is 1. The molecule has 4 heteroatoms. The van der Waals surface area contributed by atoms with E-state index >= 15 is 0 Å². The summed E-state index contributed by atoms with van der Waals surface area (Å²) in [6.07, 6.45) is 6.27. The van der Waals surface area contributed by atoms with E-state index in [-0.39, 0.29) is 6.10 Å². The smallest absolute Gasteiger partial charge is 0.119 e. The number of methoxy groups -OCH3 is 1. The fraction of sp³-hybridized carbons (Fsp3) is 0.667. The van der Waals surface area contributed by atoms with Crippen molar-refractivity contribution in [3.8, 4) is 5.75 Å². The third kappa shape index (κ3) is 3.15. The Bertz CT molecular complexity index is 508. The normalized spacial score (nSPS) is 28.0. The Kier molecular flexibility index (Phi) is 5.32. The fourth-order valence-electron chi connectivity index (χ4n) is 3.86. The fourth-order valence-corrected chi connectivity index (χ4v) is 4.42. The van der Waals surface area contributed by atoms with Gasteiger partial charge in [-0.1, -0.05) is 13.0 Å². The molecule has 3 unspecified atom stereocenters. The number of rotatable bonds is 5. The van der Waals surface area contributed by atoms with Gasteiger partial charge in [0.2, 0.25) is 0 Å². The maximum atomic E-state index is 6.52. The molecule has 22 heavy (non-hydrogen) atoms. The molecule has 3 rings (SSSR count). The van der Waals surface area contributed by atoms with E-state index < -0.39 is 0 Å². The van der Waals surface area contributed by atoms with Crippen molar-refractivity contribution in [3.63, 3.8) is 0 Å². The molecule has 0 saturated carbocycles. The highest BCUT2D eigenvalue weighted by atomic mass is 32.2. The Morgan fingerprint density at radius 2 is 2.27 bits per heavy atom. The van der Waals surface area contributed by atoms with Crippen molar-refractivity contribution in [2.24, 2.45) is 0 Å². The van der Waals surface area contributed by atoms with Crippen molar-refractivity contribution in [3.05, 3.63) is 29.3 Å². The van der Waals surface area contributed by atoms with E-state index in [1.54, 1.807) is 7.11 Å². The molecule has 3 nitrogen and oxygen atoms in total. The number of hydrogen-bond donors (Lipinski definition) is 0. The van der Waals surface area contributed by atoms with Crippen molar-refractivity contribution in [2.45, 2.75) is 44.4 Å². The maximum absolute atomic E-state index is 6.52. The molecule has 1 fully saturated rings. The summed E-state index contributed by atoms with van der Waals surface area (Å²) in [6, 6.07) is 7.01. The Labute approximate surface area is 138 Å². The summed E-state index contributed by atoms with van der Waals surface area (Å²) in [4.78, 5) is 2.66. The van der Waals surface area contributed by atoms with Crippen LogP contribution in [0.3, 0.4) is 0 Å². The van der Waals surface area contributed by atoms with E-state index in [2.05, 4.69) is 36.3 Å². The largest absolute Gasteiger partial charge is 0.497 e. The van der Waals surface area contributed by atoms with Crippen LogP contribution in [0.4, 0.5) is 0 Å². The summed E-state index contributed by atoms with van der Waals surface area (Å²) in [5, 5.41) is 0. The first-order valence-electron chi connectivity index (χ1n) is 8.32. The molecule has 1 heterocycles. The van der Waals surface area contributed by atoms with E-state index in [0.29, 0.717) is 12.1 Å². The van der Waals surface area contributed by atoms with Crippen LogP contribution in [0.15, 0.2) is 18.2 Å². The molecule has 2 aliphatic rings. The number of nitrogens with zero attached hydrogens (tertiary/aromatic N) is 1. The van der Waals surface area contributed by atoms with Gasteiger partial charge in [-0.2, -0.15) is 11.8 Å². The van der Waals surface area contributed by atoms with Crippen molar-refractivity contribution in [2.75, 3.05) is 32.2 Å². The summed E-state index contributed by atoms with van der Waals surface area (Å²) >= 11 is 1.88. The van der Waals surface area contributed by atoms with Crippen LogP contribution in [-0.4, -0.2) is 49.3 Å². The maximum Gasteiger partial charge on any atom is 0.119 e. The lowest BCUT2D eigenvalue weighted by atomic mass is 9.83.